The van der Waals surface area contributed by atoms with Crippen molar-refractivity contribution >= 4 is 47.1 Å². The zero-order valence-corrected chi connectivity index (χ0v) is 34.3. The number of hydrogen-bond acceptors (Lipinski definition) is 11. The van der Waals surface area contributed by atoms with Gasteiger partial charge in [0.1, 0.15) is 52.4 Å². The molecular weight excluding hydrogens is 736 g/mol. The van der Waals surface area contributed by atoms with Crippen LogP contribution in [0.1, 0.15) is 72.8 Å². The lowest BCUT2D eigenvalue weighted by molar-refractivity contribution is -0.328. The van der Waals surface area contributed by atoms with Crippen molar-refractivity contribution in [3.8, 4) is 5.75 Å². The van der Waals surface area contributed by atoms with E-state index in [1.807, 2.05) is 13.0 Å². The Kier molecular flexibility index (Phi) is 13.4. The number of carbonyl (C=O) groups excluding carboxylic acids is 5. The van der Waals surface area contributed by atoms with E-state index in [0.717, 1.165) is 11.1 Å². The van der Waals surface area contributed by atoms with E-state index in [4.69, 9.17) is 35.3 Å². The molecule has 8 atom stereocenters. The fourth-order valence-electron chi connectivity index (χ4n) is 7.41. The van der Waals surface area contributed by atoms with Gasteiger partial charge >= 0.3 is 12.1 Å². The Morgan fingerprint density at radius 3 is 2.36 bits per heavy atom. The number of ether oxygens (including phenoxy) is 5. The Balaban J connectivity index is 1.75. The molecule has 0 radical (unpaired) electrons. The highest BCUT2D eigenvalue weighted by atomic mass is 35.5. The molecule has 2 N–H and O–H groups in total. The minimum atomic E-state index is -1.88. The summed E-state index contributed by atoms with van der Waals surface area (Å²) in [6, 6.07) is 1.58. The van der Waals surface area contributed by atoms with Crippen LogP contribution in [-0.4, -0.2) is 127 Å². The lowest BCUT2D eigenvalue weighted by atomic mass is 9.72. The molecule has 16 heteroatoms. The third kappa shape index (κ3) is 9.11. The van der Waals surface area contributed by atoms with Gasteiger partial charge in [0.15, 0.2) is 5.72 Å². The number of halogens is 1. The Morgan fingerprint density at radius 1 is 1.11 bits per heavy atom. The molecule has 0 spiro atoms. The van der Waals surface area contributed by atoms with Crippen LogP contribution in [-0.2, 0) is 44.5 Å². The second kappa shape index (κ2) is 16.9. The summed E-state index contributed by atoms with van der Waals surface area (Å²) in [6.07, 6.45) is 1.45. The van der Waals surface area contributed by atoms with Gasteiger partial charge in [-0.2, -0.15) is 0 Å². The van der Waals surface area contributed by atoms with E-state index in [2.05, 4.69) is 5.32 Å². The number of aliphatic hydroxyl groups is 1. The molecule has 0 aliphatic carbocycles. The van der Waals surface area contributed by atoms with Gasteiger partial charge in [-0.25, -0.2) is 9.59 Å². The first-order valence-corrected chi connectivity index (χ1v) is 18.6. The van der Waals surface area contributed by atoms with Crippen molar-refractivity contribution in [1.29, 1.82) is 0 Å². The Bertz CT molecular complexity index is 1730. The second-order valence-electron chi connectivity index (χ2n) is 15.2. The molecule has 2 saturated heterocycles. The number of carbonyl (C=O) groups is 5. The molecule has 4 heterocycles. The van der Waals surface area contributed by atoms with Gasteiger partial charge in [0.25, 0.3) is 0 Å². The number of methoxy groups -OCH3 is 2. The quantitative estimate of drug-likeness (QED) is 0.366. The third-order valence-corrected chi connectivity index (χ3v) is 11.4. The first-order valence-electron chi connectivity index (χ1n) is 18.3. The van der Waals surface area contributed by atoms with E-state index >= 15 is 0 Å². The van der Waals surface area contributed by atoms with Crippen LogP contribution in [0.15, 0.2) is 35.9 Å². The van der Waals surface area contributed by atoms with Crippen LogP contribution in [0.4, 0.5) is 10.5 Å². The number of anilines is 1. The van der Waals surface area contributed by atoms with Crippen molar-refractivity contribution in [2.24, 2.45) is 0 Å². The SMILES string of the molecule is CCC(=O)N(C)C(C)C(=O)N(C)C(C)C(=O)OC1CC(=O)N(C)c2cc(cc(OC)c2Cl)C/C(C)=C/C=C/[C@H](OC)C2(O)CC(OC(=O)N2)C2(C)CC1(C)O2. The fraction of sp³-hybridized carbons (Fsp3) is 0.615. The van der Waals surface area contributed by atoms with Crippen molar-refractivity contribution in [3.63, 3.8) is 0 Å². The average Bonchev–Trinajstić information content (AvgIpc) is 3.12. The number of likely N-dealkylation sites (N-methyl/N-ethyl adjacent to an activating group) is 2. The molecule has 1 aromatic carbocycles. The number of esters is 1. The van der Waals surface area contributed by atoms with Gasteiger partial charge in [-0.15, -0.1) is 0 Å². The van der Waals surface area contributed by atoms with Crippen LogP contribution in [0.5, 0.6) is 5.75 Å². The molecule has 0 saturated carbocycles. The van der Waals surface area contributed by atoms with Gasteiger partial charge in [-0.1, -0.05) is 42.3 Å². The molecule has 4 aliphatic rings. The van der Waals surface area contributed by atoms with Crippen molar-refractivity contribution < 1.29 is 52.8 Å². The highest BCUT2D eigenvalue weighted by Crippen LogP contribution is 2.50. The summed E-state index contributed by atoms with van der Waals surface area (Å²) >= 11 is 6.76. The van der Waals surface area contributed by atoms with E-state index in [9.17, 15) is 29.1 Å². The highest BCUT2D eigenvalue weighted by Gasteiger charge is 2.63. The summed E-state index contributed by atoms with van der Waals surface area (Å²) in [5.41, 5.74) is -2.30. The maximum atomic E-state index is 14.2. The topological polar surface area (TPSA) is 173 Å². The van der Waals surface area contributed by atoms with Gasteiger partial charge in [0.05, 0.1) is 19.2 Å². The molecule has 55 heavy (non-hydrogen) atoms. The average molecular weight is 791 g/mol. The highest BCUT2D eigenvalue weighted by molar-refractivity contribution is 6.35. The standard InChI is InChI=1S/C39H55ClN4O11/c1-12-31(45)42(7)23(3)34(47)43(8)24(4)35(48)53-29-19-32(46)44(9)26-17-25(18-27(51-10)33(26)40)16-22(2)14-13-15-28(52-11)39(50)20-30(54-36(49)41-39)38(6)21-37(29,5)55-38/h13-15,17-18,23-24,28-30,50H,12,16,19-21H2,1-11H3,(H,41,49)/b15-13+,22-14+/t23?,24?,28-,29?,30?,37?,38?,39?/m0/s1. The number of rotatable bonds is 8. The normalized spacial score (nSPS) is 31.0. The molecule has 0 aromatic heterocycles. The van der Waals surface area contributed by atoms with Gasteiger partial charge in [0, 0.05) is 47.5 Å². The molecular formula is C39H55ClN4O11. The predicted octanol–water partition coefficient (Wildman–Crippen LogP) is 3.92. The summed E-state index contributed by atoms with van der Waals surface area (Å²) < 4.78 is 29.5. The largest absolute Gasteiger partial charge is 0.495 e. The van der Waals surface area contributed by atoms with E-state index < -0.39 is 71.2 Å². The summed E-state index contributed by atoms with van der Waals surface area (Å²) in [4.78, 5) is 70.5. The van der Waals surface area contributed by atoms with E-state index in [0.29, 0.717) is 17.9 Å². The van der Waals surface area contributed by atoms with E-state index in [-0.39, 0.29) is 36.6 Å². The molecule has 304 valence electrons. The summed E-state index contributed by atoms with van der Waals surface area (Å²) in [6.45, 7) is 10.0. The van der Waals surface area contributed by atoms with Crippen molar-refractivity contribution in [3.05, 3.63) is 46.5 Å². The Labute approximate surface area is 327 Å². The molecule has 2 fully saturated rings. The van der Waals surface area contributed by atoms with Crippen molar-refractivity contribution in [2.75, 3.05) is 40.3 Å². The summed E-state index contributed by atoms with van der Waals surface area (Å²) in [5, 5.41) is 14.5. The Hall–Kier alpha value is -4.18. The molecule has 7 unspecified atom stereocenters. The van der Waals surface area contributed by atoms with Crippen LogP contribution >= 0.6 is 11.6 Å². The number of allylic oxidation sites excluding steroid dienone is 3. The minimum absolute atomic E-state index is 0.121. The summed E-state index contributed by atoms with van der Waals surface area (Å²) in [7, 11) is 7.40. The number of hydrogen-bond donors (Lipinski definition) is 2. The number of alkyl carbamates (subject to hydrolysis) is 1. The van der Waals surface area contributed by atoms with Gasteiger partial charge in [0.2, 0.25) is 17.7 Å². The predicted molar refractivity (Wildman–Crippen MR) is 204 cm³/mol. The molecule has 5 rings (SSSR count). The van der Waals surface area contributed by atoms with Crippen molar-refractivity contribution in [2.45, 2.75) is 121 Å². The number of nitrogens with zero attached hydrogens (tertiary/aromatic N) is 3. The maximum absolute atomic E-state index is 14.2. The number of fused-ring (bicyclic) bond motifs is 6. The number of benzene rings is 1. The maximum Gasteiger partial charge on any atom is 0.409 e. The molecule has 1 aromatic rings. The van der Waals surface area contributed by atoms with Crippen LogP contribution in [0.3, 0.4) is 0 Å². The molecule has 4 amide bonds. The van der Waals surface area contributed by atoms with Crippen molar-refractivity contribution in [1.82, 2.24) is 15.1 Å². The number of nitrogens with one attached hydrogen (secondary N) is 1. The first-order chi connectivity index (χ1) is 25.6. The van der Waals surface area contributed by atoms with Gasteiger partial charge in [-0.3, -0.25) is 19.7 Å². The van der Waals surface area contributed by atoms with Crippen LogP contribution < -0.4 is 15.0 Å². The lowest BCUT2D eigenvalue weighted by Gasteiger charge is -2.59. The molecule has 6 bridgehead atoms. The van der Waals surface area contributed by atoms with Crippen LogP contribution in [0, 0.1) is 0 Å². The zero-order valence-electron chi connectivity index (χ0n) is 33.6. The van der Waals surface area contributed by atoms with Crippen LogP contribution in [0.2, 0.25) is 5.02 Å². The zero-order chi connectivity index (χ0) is 41.2. The fourth-order valence-corrected chi connectivity index (χ4v) is 7.73. The second-order valence-corrected chi connectivity index (χ2v) is 15.5. The monoisotopic (exact) mass is 790 g/mol. The minimum Gasteiger partial charge on any atom is -0.495 e. The smallest absolute Gasteiger partial charge is 0.409 e. The number of amides is 4. The first kappa shape index (κ1) is 43.5. The lowest BCUT2D eigenvalue weighted by Crippen LogP contribution is -2.72. The third-order valence-electron chi connectivity index (χ3n) is 11.0. The molecule has 4 aliphatic heterocycles. The van der Waals surface area contributed by atoms with Gasteiger partial charge < -0.3 is 43.5 Å². The molecule has 15 nitrogen and oxygen atoms in total. The van der Waals surface area contributed by atoms with E-state index in [1.165, 1.54) is 49.9 Å². The van der Waals surface area contributed by atoms with E-state index in [1.54, 1.807) is 59.0 Å². The van der Waals surface area contributed by atoms with Gasteiger partial charge in [-0.05, 0) is 58.7 Å². The Morgan fingerprint density at radius 2 is 1.76 bits per heavy atom. The summed E-state index contributed by atoms with van der Waals surface area (Å²) in [5.74, 6) is -1.66. The van der Waals surface area contributed by atoms with Crippen LogP contribution in [0.25, 0.3) is 0 Å².